The van der Waals surface area contributed by atoms with Gasteiger partial charge in [-0.25, -0.2) is 85.8 Å². The number of nitrogens with two attached hydrogens (primary N) is 4. The highest BCUT2D eigenvalue weighted by molar-refractivity contribution is 7.55. The number of aromatic amines is 2. The number of anilines is 4. The van der Waals surface area contributed by atoms with Gasteiger partial charge in [-0.1, -0.05) is 0 Å². The van der Waals surface area contributed by atoms with Crippen molar-refractivity contribution in [3.63, 3.8) is 0 Å². The van der Waals surface area contributed by atoms with Crippen LogP contribution in [-0.2, 0) is 83.3 Å². The molecule has 13 rings (SSSR count). The van der Waals surface area contributed by atoms with Crippen LogP contribution in [0.25, 0.3) is 22.3 Å². The van der Waals surface area contributed by atoms with Crippen molar-refractivity contribution in [2.24, 2.45) is 0 Å². The number of amides is 1. The number of carbonyl (C=O) groups excluding carboxylic acids is 1. The van der Waals surface area contributed by atoms with Crippen LogP contribution in [0.15, 0.2) is 73.7 Å². The van der Waals surface area contributed by atoms with Crippen LogP contribution in [-0.4, -0.2) is 408 Å². The standard InChI is InChI=1S/C70H115N30O25P5/c1-46-27-98(69(106)83-64(46)102)54-33-89(12)28-47(121-54)38-117-127(109,85(4)5)92-29-48(122-55(34-92)96-15-13-52(71)79-67(96)104)40-118-129(111,87(8)9)94-32-51(124-57(36-94)99-44-77-59-61(73)75-43-76-62(59)99)42-120-128(110,86(6)7)93-30-49(123-56(35-93)97-16-14-53(72)80-68(97)105)41-119-130(112,88(10)11)95-31-50(125-58(37-95)100-45-78-60-63(100)81-66(74)82-65(60)103)39-116-126(108,84(2)3)91-19-17-90(18-20-91)70(107)115-26-25-114-24-23-113-22-21-101/h13-16,27,43-45,47-51,54-58,101H,17-26,28-42H2,1-12H3,(H2,71,79,104)(H2,72,80,105)(H2,73,75,76)(H,83,102,106)(H3,74,81,82,103)/t47-,48-,49-,50-,51-,54+,55+,56+,57+,58+,126?,127?,128?,129?,130?/m0/s1. The van der Waals surface area contributed by atoms with Crippen LogP contribution in [0.3, 0.4) is 0 Å². The summed E-state index contributed by atoms with van der Waals surface area (Å²) in [6.45, 7) is -1.22. The van der Waals surface area contributed by atoms with Gasteiger partial charge in [0, 0.05) is 89.6 Å². The smallest absolute Gasteiger partial charge is 0.409 e. The zero-order valence-electron chi connectivity index (χ0n) is 74.1. The summed E-state index contributed by atoms with van der Waals surface area (Å²) in [5.41, 5.74) is 21.5. The Bertz CT molecular complexity index is 5680. The fourth-order valence-electron chi connectivity index (χ4n) is 15.5. The molecule has 6 saturated heterocycles. The molecular formula is C70H115N30O25P5. The Morgan fingerprint density at radius 2 is 0.854 bits per heavy atom. The Hall–Kier alpha value is -8.00. The van der Waals surface area contributed by atoms with E-state index in [1.807, 2.05) is 4.90 Å². The maximum absolute atomic E-state index is 16.5. The van der Waals surface area contributed by atoms with Gasteiger partial charge in [-0.2, -0.15) is 15.0 Å². The fraction of sp³-hybridized carbons (Fsp3) is 0.671. The number of aliphatic hydroxyl groups is 1. The summed E-state index contributed by atoms with van der Waals surface area (Å²) in [7, 11) is -4.38. The molecule has 6 fully saturated rings. The minimum Gasteiger partial charge on any atom is -0.447 e. The highest BCUT2D eigenvalue weighted by Crippen LogP contribution is 2.61. The van der Waals surface area contributed by atoms with Crippen molar-refractivity contribution < 1.29 is 93.2 Å². The van der Waals surface area contributed by atoms with Crippen LogP contribution >= 0.6 is 38.4 Å². The predicted molar refractivity (Wildman–Crippen MR) is 467 cm³/mol. The number of nitrogens with one attached hydrogen (secondary N) is 2. The molecule has 6 aliphatic rings. The molecule has 720 valence electrons. The van der Waals surface area contributed by atoms with Crippen molar-refractivity contribution in [1.82, 2.24) is 124 Å². The molecule has 0 radical (unpaired) electrons. The molecule has 0 aliphatic carbocycles. The molecule has 5 unspecified atom stereocenters. The third-order valence-corrected chi connectivity index (χ3v) is 34.9. The number of imidazole rings is 2. The minimum absolute atomic E-state index is 0.00133. The number of aromatic nitrogens is 14. The number of morpholine rings is 5. The molecule has 7 aromatic heterocycles. The lowest BCUT2D eigenvalue weighted by Crippen LogP contribution is -2.51. The van der Waals surface area contributed by atoms with Crippen LogP contribution < -0.4 is 51.1 Å². The summed E-state index contributed by atoms with van der Waals surface area (Å²) in [5.74, 6) is -0.413. The van der Waals surface area contributed by atoms with E-state index in [0.717, 1.165) is 9.13 Å². The van der Waals surface area contributed by atoms with Crippen LogP contribution in [0.4, 0.5) is 28.2 Å². The van der Waals surface area contributed by atoms with E-state index in [-0.39, 0.29) is 189 Å². The number of fused-ring (bicyclic) bond motifs is 2. The van der Waals surface area contributed by atoms with Gasteiger partial charge < -0.3 is 93.5 Å². The molecule has 7 aromatic rings. The summed E-state index contributed by atoms with van der Waals surface area (Å²) in [6.07, 6.45) is -3.82. The molecule has 11 N–H and O–H groups in total. The van der Waals surface area contributed by atoms with Gasteiger partial charge in [-0.15, -0.1) is 0 Å². The topological polar surface area (TPSA) is 617 Å². The second-order valence-corrected chi connectivity index (χ2v) is 45.4. The summed E-state index contributed by atoms with van der Waals surface area (Å²) < 4.78 is 184. The highest BCUT2D eigenvalue weighted by atomic mass is 31.2. The van der Waals surface area contributed by atoms with Crippen molar-refractivity contribution in [2.75, 3.05) is 265 Å². The van der Waals surface area contributed by atoms with Crippen molar-refractivity contribution in [3.8, 4) is 0 Å². The number of H-pyrrole nitrogens is 2. The Balaban J connectivity index is 0.748. The largest absolute Gasteiger partial charge is 0.447 e. The summed E-state index contributed by atoms with van der Waals surface area (Å²) in [6, 6.07) is 2.75. The number of aryl methyl sites for hydroxylation is 1. The quantitative estimate of drug-likeness (QED) is 0.0171. The van der Waals surface area contributed by atoms with E-state index in [2.05, 4.69) is 44.9 Å². The molecule has 0 bridgehead atoms. The molecule has 130 heavy (non-hydrogen) atoms. The first-order valence-corrected chi connectivity index (χ1v) is 49.1. The van der Waals surface area contributed by atoms with Crippen LogP contribution in [0.5, 0.6) is 0 Å². The first kappa shape index (κ1) is 99.5. The lowest BCUT2D eigenvalue weighted by atomic mass is 10.2. The molecule has 0 aromatic carbocycles. The van der Waals surface area contributed by atoms with E-state index in [1.54, 1.807) is 51.4 Å². The third kappa shape index (κ3) is 22.3. The number of carbonyl (C=O) groups is 1. The van der Waals surface area contributed by atoms with E-state index in [4.69, 9.17) is 88.6 Å². The molecule has 13 heterocycles. The van der Waals surface area contributed by atoms with E-state index in [1.165, 1.54) is 148 Å². The number of rotatable bonds is 38. The Morgan fingerprint density at radius 1 is 0.462 bits per heavy atom. The van der Waals surface area contributed by atoms with Gasteiger partial charge in [0.25, 0.3) is 11.1 Å². The maximum Gasteiger partial charge on any atom is 0.409 e. The Kier molecular flexibility index (Phi) is 32.4. The third-order valence-electron chi connectivity index (χ3n) is 22.1. The second-order valence-electron chi connectivity index (χ2n) is 32.4. The number of aliphatic hydroxyl groups excluding tert-OH is 1. The summed E-state index contributed by atoms with van der Waals surface area (Å²) >= 11 is 0. The molecule has 55 nitrogen and oxygen atoms in total. The van der Waals surface area contributed by atoms with Gasteiger partial charge >= 0.3 is 61.5 Å². The average molecular weight is 1930 g/mol. The fourth-order valence-corrected chi connectivity index (χ4v) is 25.4. The molecule has 60 heteroatoms. The van der Waals surface area contributed by atoms with Gasteiger partial charge in [0.05, 0.1) is 135 Å². The number of piperazine rings is 1. The Morgan fingerprint density at radius 3 is 1.28 bits per heavy atom. The lowest BCUT2D eigenvalue weighted by molar-refractivity contribution is -0.134. The second kappa shape index (κ2) is 42.3. The van der Waals surface area contributed by atoms with Gasteiger partial charge in [0.15, 0.2) is 41.3 Å². The number of likely N-dealkylation sites (N-methyl/N-ethyl adjacent to an activating group) is 1. The van der Waals surface area contributed by atoms with Crippen LogP contribution in [0, 0.1) is 6.92 Å². The molecule has 6 aliphatic heterocycles. The molecule has 1 amide bonds. The van der Waals surface area contributed by atoms with Crippen molar-refractivity contribution in [1.29, 1.82) is 0 Å². The summed E-state index contributed by atoms with van der Waals surface area (Å²) in [5, 5.41) is 8.94. The monoisotopic (exact) mass is 1930 g/mol. The molecular weight excluding hydrogens is 1820 g/mol. The predicted octanol–water partition coefficient (Wildman–Crippen LogP) is -1.50. The average Bonchev–Trinajstić information content (AvgIpc) is 1.46. The number of nitrogens with zero attached hydrogens (tertiary/aromatic N) is 24. The number of hydrogen-bond donors (Lipinski definition) is 7. The van der Waals surface area contributed by atoms with Crippen molar-refractivity contribution in [2.45, 2.75) is 68.6 Å². The number of ether oxygens (including phenoxy) is 8. The van der Waals surface area contributed by atoms with E-state index < -0.39 is 161 Å². The van der Waals surface area contributed by atoms with Crippen molar-refractivity contribution >= 4 is 90.2 Å². The first-order chi connectivity index (χ1) is 61.7. The van der Waals surface area contributed by atoms with E-state index >= 15 is 22.8 Å². The minimum atomic E-state index is -4.48. The van der Waals surface area contributed by atoms with E-state index in [0.29, 0.717) is 0 Å². The zero-order chi connectivity index (χ0) is 93.6. The molecule has 0 saturated carbocycles. The zero-order valence-corrected chi connectivity index (χ0v) is 78.6. The van der Waals surface area contributed by atoms with Gasteiger partial charge in [-0.05, 0) is 96.6 Å². The van der Waals surface area contributed by atoms with Crippen molar-refractivity contribution in [3.05, 3.63) is 107 Å². The number of nitrogen functional groups attached to an aromatic ring is 4. The first-order valence-electron chi connectivity index (χ1n) is 41.4. The van der Waals surface area contributed by atoms with Gasteiger partial charge in [0.2, 0.25) is 5.95 Å². The van der Waals surface area contributed by atoms with E-state index in [9.17, 15) is 28.8 Å². The summed E-state index contributed by atoms with van der Waals surface area (Å²) in [4.78, 5) is 117. The normalized spacial score (nSPS) is 25.4. The van der Waals surface area contributed by atoms with Crippen LogP contribution in [0.2, 0.25) is 0 Å². The lowest BCUT2D eigenvalue weighted by Gasteiger charge is -2.46. The SMILES string of the molecule is Cc1cn([C@H]2CN(C)C[C@@H](COP(=O)(N(C)C)N3C[C@@H](COP(=O)(N(C)C)N4C[C@@H](COP(=O)(N(C)C)N5C[C@@H](COP(=O)(N(C)C)N6C[C@@H](COP(=O)(N(C)C)N7CCN(C(=O)OCCOCCOCCO)CC7)O[C@@H](n7cnc8c(=O)[nH]c(N)nc87)C6)O[C@@H](n6ccc(N)nc6=O)C5)O[C@@H](n5cnc6c(N)ncnc65)C4)O[C@@H](n4ccc(N)nc4=O)C3)O2)c(=O)[nH]c1=O. The molecule has 15 atom stereocenters. The maximum atomic E-state index is 16.5. The Labute approximate surface area is 745 Å². The van der Waals surface area contributed by atoms with Gasteiger partial charge in [0.1, 0.15) is 42.5 Å². The number of hydrogen-bond acceptors (Lipinski definition) is 37. The molecule has 0 spiro atoms. The van der Waals surface area contributed by atoms with Gasteiger partial charge in [-0.3, -0.25) is 70.1 Å². The highest BCUT2D eigenvalue weighted by Gasteiger charge is 2.52. The van der Waals surface area contributed by atoms with Crippen LogP contribution in [0.1, 0.15) is 36.7 Å².